The summed E-state index contributed by atoms with van der Waals surface area (Å²) in [4.78, 5) is 8.36. The standard InChI is InChI=1S/C20H15N5O2/c21-8-12-4-5-14-13(6-12)2-1-3-17(14)27-19-7-15-16(9-23-19)24-25-20(15)18-10-22-11-26-18/h4-7,9-11,17H,1-3H2,(H,24,25)/t17-/m0/s1. The maximum absolute atomic E-state index is 9.11. The average Bonchev–Trinajstić information content (AvgIpc) is 3.37. The number of H-pyrrole nitrogens is 1. The molecule has 5 rings (SSSR count). The molecule has 7 nitrogen and oxygen atoms in total. The monoisotopic (exact) mass is 357 g/mol. The highest BCUT2D eigenvalue weighted by Crippen LogP contribution is 2.35. The van der Waals surface area contributed by atoms with E-state index in [4.69, 9.17) is 14.4 Å². The Morgan fingerprint density at radius 1 is 1.26 bits per heavy atom. The van der Waals surface area contributed by atoms with E-state index in [2.05, 4.69) is 26.2 Å². The summed E-state index contributed by atoms with van der Waals surface area (Å²) < 4.78 is 11.6. The third kappa shape index (κ3) is 2.72. The van der Waals surface area contributed by atoms with Gasteiger partial charge >= 0.3 is 0 Å². The van der Waals surface area contributed by atoms with Crippen LogP contribution in [0.15, 0.2) is 47.5 Å². The fraction of sp³-hybridized carbons (Fsp3) is 0.200. The molecule has 7 heteroatoms. The number of aromatic amines is 1. The lowest BCUT2D eigenvalue weighted by molar-refractivity contribution is 0.176. The number of fused-ring (bicyclic) bond motifs is 2. The van der Waals surface area contributed by atoms with E-state index in [-0.39, 0.29) is 6.10 Å². The van der Waals surface area contributed by atoms with Crippen LogP contribution in [0, 0.1) is 11.3 Å². The Kier molecular flexibility index (Phi) is 3.61. The number of benzene rings is 1. The molecule has 0 fully saturated rings. The molecular weight excluding hydrogens is 342 g/mol. The van der Waals surface area contributed by atoms with Gasteiger partial charge in [-0.05, 0) is 42.5 Å². The number of hydrogen-bond acceptors (Lipinski definition) is 6. The van der Waals surface area contributed by atoms with Gasteiger partial charge in [-0.25, -0.2) is 9.97 Å². The molecule has 0 aliphatic heterocycles. The van der Waals surface area contributed by atoms with Gasteiger partial charge in [0.2, 0.25) is 5.88 Å². The summed E-state index contributed by atoms with van der Waals surface area (Å²) in [6.07, 6.45) is 7.54. The molecular formula is C20H15N5O2. The minimum atomic E-state index is -0.0768. The average molecular weight is 357 g/mol. The minimum Gasteiger partial charge on any atom is -0.469 e. The van der Waals surface area contributed by atoms with Crippen molar-refractivity contribution < 1.29 is 9.15 Å². The Hall–Kier alpha value is -3.66. The molecule has 0 unspecified atom stereocenters. The molecule has 27 heavy (non-hydrogen) atoms. The van der Waals surface area contributed by atoms with E-state index < -0.39 is 0 Å². The number of ether oxygens (including phenoxy) is 1. The Morgan fingerprint density at radius 2 is 2.22 bits per heavy atom. The Balaban J connectivity index is 1.49. The highest BCUT2D eigenvalue weighted by Gasteiger charge is 2.23. The van der Waals surface area contributed by atoms with Gasteiger partial charge in [-0.2, -0.15) is 10.4 Å². The largest absolute Gasteiger partial charge is 0.469 e. The zero-order valence-corrected chi connectivity index (χ0v) is 14.3. The second kappa shape index (κ2) is 6.25. The molecule has 3 heterocycles. The maximum atomic E-state index is 9.11. The molecule has 0 amide bonds. The fourth-order valence-electron chi connectivity index (χ4n) is 3.59. The van der Waals surface area contributed by atoms with Crippen molar-refractivity contribution in [2.75, 3.05) is 0 Å². The van der Waals surface area contributed by atoms with Crippen LogP contribution in [0.4, 0.5) is 0 Å². The van der Waals surface area contributed by atoms with Crippen LogP contribution < -0.4 is 4.74 Å². The van der Waals surface area contributed by atoms with Gasteiger partial charge in [-0.1, -0.05) is 6.07 Å². The number of nitriles is 1. The lowest BCUT2D eigenvalue weighted by atomic mass is 9.88. The lowest BCUT2D eigenvalue weighted by Gasteiger charge is -2.26. The van der Waals surface area contributed by atoms with Crippen molar-refractivity contribution in [2.45, 2.75) is 25.4 Å². The van der Waals surface area contributed by atoms with Crippen LogP contribution >= 0.6 is 0 Å². The van der Waals surface area contributed by atoms with Gasteiger partial charge in [-0.15, -0.1) is 0 Å². The quantitative estimate of drug-likeness (QED) is 0.596. The van der Waals surface area contributed by atoms with Crippen molar-refractivity contribution in [3.63, 3.8) is 0 Å². The van der Waals surface area contributed by atoms with Crippen molar-refractivity contribution >= 4 is 10.9 Å². The molecule has 1 N–H and O–H groups in total. The number of nitrogens with zero attached hydrogens (tertiary/aromatic N) is 4. The van der Waals surface area contributed by atoms with Crippen LogP contribution in [0.25, 0.3) is 22.4 Å². The van der Waals surface area contributed by atoms with Crippen LogP contribution in [-0.4, -0.2) is 20.2 Å². The molecule has 1 aliphatic carbocycles. The predicted molar refractivity (Wildman–Crippen MR) is 96.8 cm³/mol. The molecule has 4 aromatic rings. The molecule has 1 aliphatic rings. The molecule has 3 aromatic heterocycles. The first-order valence-electron chi connectivity index (χ1n) is 8.74. The molecule has 0 radical (unpaired) electrons. The molecule has 1 atom stereocenters. The van der Waals surface area contributed by atoms with Crippen molar-refractivity contribution in [2.24, 2.45) is 0 Å². The zero-order valence-electron chi connectivity index (χ0n) is 14.3. The summed E-state index contributed by atoms with van der Waals surface area (Å²) >= 11 is 0. The Morgan fingerprint density at radius 3 is 3.07 bits per heavy atom. The number of oxazole rings is 1. The van der Waals surface area contributed by atoms with Crippen molar-refractivity contribution in [1.29, 1.82) is 5.26 Å². The molecule has 132 valence electrons. The molecule has 1 aromatic carbocycles. The highest BCUT2D eigenvalue weighted by atomic mass is 16.5. The van der Waals surface area contributed by atoms with Gasteiger partial charge in [0.25, 0.3) is 0 Å². The van der Waals surface area contributed by atoms with Gasteiger partial charge < -0.3 is 9.15 Å². The topological polar surface area (TPSA) is 101 Å². The van der Waals surface area contributed by atoms with Crippen LogP contribution in [0.5, 0.6) is 5.88 Å². The summed E-state index contributed by atoms with van der Waals surface area (Å²) in [5.41, 5.74) is 4.47. The summed E-state index contributed by atoms with van der Waals surface area (Å²) in [6, 6.07) is 9.86. The Bertz CT molecular complexity index is 1160. The van der Waals surface area contributed by atoms with Crippen molar-refractivity contribution in [3.05, 3.63) is 59.7 Å². The number of aryl methyl sites for hydroxylation is 1. The molecule has 0 bridgehead atoms. The first-order valence-corrected chi connectivity index (χ1v) is 8.74. The fourth-order valence-corrected chi connectivity index (χ4v) is 3.59. The number of nitrogens with one attached hydrogen (secondary N) is 1. The summed E-state index contributed by atoms with van der Waals surface area (Å²) in [5, 5.41) is 17.2. The number of rotatable bonds is 3. The third-order valence-corrected chi connectivity index (χ3v) is 4.88. The van der Waals surface area contributed by atoms with E-state index in [1.54, 1.807) is 12.4 Å². The van der Waals surface area contributed by atoms with Gasteiger partial charge in [0.15, 0.2) is 12.2 Å². The minimum absolute atomic E-state index is 0.0768. The number of aromatic nitrogens is 4. The lowest BCUT2D eigenvalue weighted by Crippen LogP contribution is -2.16. The van der Waals surface area contributed by atoms with Crippen molar-refractivity contribution in [3.8, 4) is 23.4 Å². The van der Waals surface area contributed by atoms with E-state index in [0.29, 0.717) is 22.9 Å². The van der Waals surface area contributed by atoms with Gasteiger partial charge in [0.1, 0.15) is 11.8 Å². The van der Waals surface area contributed by atoms with Gasteiger partial charge in [0, 0.05) is 11.5 Å². The van der Waals surface area contributed by atoms with E-state index >= 15 is 0 Å². The predicted octanol–water partition coefficient (Wildman–Crippen LogP) is 3.94. The summed E-state index contributed by atoms with van der Waals surface area (Å²) in [5.74, 6) is 1.12. The van der Waals surface area contributed by atoms with Crippen LogP contribution in [0.1, 0.15) is 35.6 Å². The van der Waals surface area contributed by atoms with Crippen molar-refractivity contribution in [1.82, 2.24) is 20.2 Å². The molecule has 0 saturated carbocycles. The second-order valence-electron chi connectivity index (χ2n) is 6.53. The van der Waals surface area contributed by atoms with Gasteiger partial charge in [-0.3, -0.25) is 5.10 Å². The third-order valence-electron chi connectivity index (χ3n) is 4.88. The van der Waals surface area contributed by atoms with Crippen LogP contribution in [0.3, 0.4) is 0 Å². The van der Waals surface area contributed by atoms with Gasteiger partial charge in [0.05, 0.1) is 29.5 Å². The van der Waals surface area contributed by atoms with E-state index in [1.807, 2.05) is 24.3 Å². The highest BCUT2D eigenvalue weighted by molar-refractivity contribution is 5.91. The smallest absolute Gasteiger partial charge is 0.214 e. The van der Waals surface area contributed by atoms with E-state index in [9.17, 15) is 0 Å². The Labute approximate surface area is 154 Å². The SMILES string of the molecule is N#Cc1ccc2c(c1)CCC[C@@H]2Oc1cc2c(-c3cnco3)n[nH]c2cn1. The zero-order chi connectivity index (χ0) is 18.2. The summed E-state index contributed by atoms with van der Waals surface area (Å²) in [6.45, 7) is 0. The second-order valence-corrected chi connectivity index (χ2v) is 6.53. The molecule has 0 spiro atoms. The number of hydrogen-bond donors (Lipinski definition) is 1. The van der Waals surface area contributed by atoms with E-state index in [1.165, 1.54) is 12.0 Å². The molecule has 0 saturated heterocycles. The van der Waals surface area contributed by atoms with Crippen LogP contribution in [0.2, 0.25) is 0 Å². The van der Waals surface area contributed by atoms with E-state index in [0.717, 1.165) is 35.7 Å². The first kappa shape index (κ1) is 15.6. The summed E-state index contributed by atoms with van der Waals surface area (Å²) in [7, 11) is 0. The number of pyridine rings is 1. The van der Waals surface area contributed by atoms with Crippen LogP contribution in [-0.2, 0) is 6.42 Å². The normalized spacial score (nSPS) is 16.0. The maximum Gasteiger partial charge on any atom is 0.214 e. The first-order chi connectivity index (χ1) is 13.3.